The number of hydrogen-bond donors (Lipinski definition) is 2. The second kappa shape index (κ2) is 9.53. The van der Waals surface area contributed by atoms with Crippen molar-refractivity contribution in [2.45, 2.75) is 58.9 Å². The summed E-state index contributed by atoms with van der Waals surface area (Å²) in [6.07, 6.45) is 0.390. The Balaban J connectivity index is 2.79. The molecule has 1 atom stereocenters. The van der Waals surface area contributed by atoms with Gasteiger partial charge in [0.1, 0.15) is 6.04 Å². The number of carbonyl (C=O) groups is 3. The molecule has 0 saturated heterocycles. The minimum atomic E-state index is -0.886. The van der Waals surface area contributed by atoms with Gasteiger partial charge in [0.25, 0.3) is 5.91 Å². The van der Waals surface area contributed by atoms with Gasteiger partial charge in [0.15, 0.2) is 0 Å². The summed E-state index contributed by atoms with van der Waals surface area (Å²) >= 11 is 0. The van der Waals surface area contributed by atoms with Crippen molar-refractivity contribution in [3.8, 4) is 0 Å². The van der Waals surface area contributed by atoms with Crippen molar-refractivity contribution in [2.24, 2.45) is 5.92 Å². The summed E-state index contributed by atoms with van der Waals surface area (Å²) in [5, 5.41) is 11.5. The Morgan fingerprint density at radius 3 is 2.11 bits per heavy atom. The third-order valence-corrected chi connectivity index (χ3v) is 4.49. The molecular formula is C21H32N2O4. The number of hydrogen-bond acceptors (Lipinski definition) is 3. The molecule has 0 bridgehead atoms. The fourth-order valence-corrected chi connectivity index (χ4v) is 2.67. The number of nitrogens with one attached hydrogen (secondary N) is 1. The summed E-state index contributed by atoms with van der Waals surface area (Å²) < 4.78 is 0. The number of rotatable bonds is 8. The minimum Gasteiger partial charge on any atom is -0.481 e. The lowest BCUT2D eigenvalue weighted by Crippen LogP contribution is -2.50. The third-order valence-electron chi connectivity index (χ3n) is 4.49. The van der Waals surface area contributed by atoms with Crippen molar-refractivity contribution in [3.63, 3.8) is 0 Å². The summed E-state index contributed by atoms with van der Waals surface area (Å²) in [5.74, 6) is -1.48. The van der Waals surface area contributed by atoms with Crippen LogP contribution in [0.1, 0.15) is 63.4 Å². The van der Waals surface area contributed by atoms with E-state index in [9.17, 15) is 14.4 Å². The van der Waals surface area contributed by atoms with Gasteiger partial charge in [-0.2, -0.15) is 0 Å². The van der Waals surface area contributed by atoms with Crippen LogP contribution >= 0.6 is 0 Å². The molecule has 6 nitrogen and oxygen atoms in total. The Morgan fingerprint density at radius 2 is 1.67 bits per heavy atom. The third kappa shape index (κ3) is 7.04. The number of carboxylic acid groups (broad SMARTS) is 1. The second-order valence-corrected chi connectivity index (χ2v) is 8.28. The summed E-state index contributed by atoms with van der Waals surface area (Å²) in [4.78, 5) is 37.4. The molecule has 0 aliphatic carbocycles. The molecule has 150 valence electrons. The van der Waals surface area contributed by atoms with E-state index >= 15 is 0 Å². The largest absolute Gasteiger partial charge is 0.481 e. The summed E-state index contributed by atoms with van der Waals surface area (Å²) in [6, 6.07) is 6.75. The van der Waals surface area contributed by atoms with Crippen LogP contribution in [0.3, 0.4) is 0 Å². The highest BCUT2D eigenvalue weighted by Crippen LogP contribution is 2.22. The van der Waals surface area contributed by atoms with Crippen molar-refractivity contribution in [1.29, 1.82) is 0 Å². The minimum absolute atomic E-state index is 0.00407. The van der Waals surface area contributed by atoms with Gasteiger partial charge in [0, 0.05) is 25.6 Å². The van der Waals surface area contributed by atoms with Gasteiger partial charge in [0.05, 0.1) is 0 Å². The molecule has 6 heteroatoms. The highest BCUT2D eigenvalue weighted by molar-refractivity contribution is 5.97. The maximum Gasteiger partial charge on any atom is 0.303 e. The summed E-state index contributed by atoms with van der Waals surface area (Å²) in [7, 11) is 1.63. The predicted octanol–water partition coefficient (Wildman–Crippen LogP) is 3.06. The first-order chi connectivity index (χ1) is 12.4. The molecule has 27 heavy (non-hydrogen) atoms. The first kappa shape index (κ1) is 22.7. The molecule has 1 aromatic carbocycles. The van der Waals surface area contributed by atoms with Crippen molar-refractivity contribution in [2.75, 3.05) is 13.6 Å². The van der Waals surface area contributed by atoms with Crippen LogP contribution in [-0.4, -0.2) is 47.4 Å². The molecule has 0 spiro atoms. The monoisotopic (exact) mass is 376 g/mol. The maximum atomic E-state index is 12.7. The van der Waals surface area contributed by atoms with E-state index in [1.807, 2.05) is 26.0 Å². The number of likely N-dealkylation sites (N-methyl/N-ethyl adjacent to an activating group) is 1. The first-order valence-electron chi connectivity index (χ1n) is 9.31. The SMILES string of the molecule is CC(C)C(NC(=O)c1ccc(C(C)(C)C)cc1)C(=O)N(C)CCCC(=O)O. The van der Waals surface area contributed by atoms with E-state index in [-0.39, 0.29) is 29.6 Å². The zero-order chi connectivity index (χ0) is 20.8. The molecule has 2 N–H and O–H groups in total. The molecule has 0 radical (unpaired) electrons. The smallest absolute Gasteiger partial charge is 0.303 e. The van der Waals surface area contributed by atoms with E-state index in [0.717, 1.165) is 5.56 Å². The quantitative estimate of drug-likeness (QED) is 0.730. The van der Waals surface area contributed by atoms with Crippen LogP contribution in [0.25, 0.3) is 0 Å². The second-order valence-electron chi connectivity index (χ2n) is 8.28. The number of nitrogens with zero attached hydrogens (tertiary/aromatic N) is 1. The van der Waals surface area contributed by atoms with Crippen LogP contribution in [0.4, 0.5) is 0 Å². The topological polar surface area (TPSA) is 86.7 Å². The highest BCUT2D eigenvalue weighted by Gasteiger charge is 2.27. The van der Waals surface area contributed by atoms with Crippen LogP contribution in [-0.2, 0) is 15.0 Å². The van der Waals surface area contributed by atoms with Crippen LogP contribution in [0.15, 0.2) is 24.3 Å². The Bertz CT molecular complexity index is 660. The molecular weight excluding hydrogens is 344 g/mol. The Hall–Kier alpha value is -2.37. The van der Waals surface area contributed by atoms with Gasteiger partial charge in [0.2, 0.25) is 5.91 Å². The standard InChI is InChI=1S/C21H32N2O4/c1-14(2)18(20(27)23(6)13-7-8-17(24)25)22-19(26)15-9-11-16(12-10-15)21(3,4)5/h9-12,14,18H,7-8,13H2,1-6H3,(H,22,26)(H,24,25). The van der Waals surface area contributed by atoms with Crippen molar-refractivity contribution in [1.82, 2.24) is 10.2 Å². The molecule has 0 aliphatic heterocycles. The van der Waals surface area contributed by atoms with Crippen LogP contribution < -0.4 is 5.32 Å². The molecule has 0 aliphatic rings. The zero-order valence-electron chi connectivity index (χ0n) is 17.2. The number of carbonyl (C=O) groups excluding carboxylic acids is 2. The van der Waals surface area contributed by atoms with Gasteiger partial charge in [-0.25, -0.2) is 0 Å². The van der Waals surface area contributed by atoms with E-state index < -0.39 is 12.0 Å². The Kier molecular flexibility index (Phi) is 8.00. The molecule has 0 heterocycles. The highest BCUT2D eigenvalue weighted by atomic mass is 16.4. The van der Waals surface area contributed by atoms with Crippen molar-refractivity contribution in [3.05, 3.63) is 35.4 Å². The molecule has 0 saturated carbocycles. The van der Waals surface area contributed by atoms with E-state index in [1.165, 1.54) is 4.90 Å². The maximum absolute atomic E-state index is 12.7. The van der Waals surface area contributed by atoms with Crippen LogP contribution in [0, 0.1) is 5.92 Å². The first-order valence-corrected chi connectivity index (χ1v) is 9.31. The van der Waals surface area contributed by atoms with E-state index in [1.54, 1.807) is 19.2 Å². The van der Waals surface area contributed by atoms with E-state index in [4.69, 9.17) is 5.11 Å². The molecule has 1 rings (SSSR count). The average molecular weight is 376 g/mol. The lowest BCUT2D eigenvalue weighted by Gasteiger charge is -2.27. The predicted molar refractivity (Wildman–Crippen MR) is 106 cm³/mol. The summed E-state index contributed by atoms with van der Waals surface area (Å²) in [5.41, 5.74) is 1.65. The van der Waals surface area contributed by atoms with Gasteiger partial charge in [-0.05, 0) is 35.4 Å². The van der Waals surface area contributed by atoms with Crippen molar-refractivity contribution >= 4 is 17.8 Å². The molecule has 1 aromatic rings. The summed E-state index contributed by atoms with van der Waals surface area (Å²) in [6.45, 7) is 10.4. The van der Waals surface area contributed by atoms with Gasteiger partial charge >= 0.3 is 5.97 Å². The van der Waals surface area contributed by atoms with Crippen molar-refractivity contribution < 1.29 is 19.5 Å². The lowest BCUT2D eigenvalue weighted by molar-refractivity contribution is -0.138. The lowest BCUT2D eigenvalue weighted by atomic mass is 9.86. The van der Waals surface area contributed by atoms with Gasteiger partial charge in [-0.3, -0.25) is 14.4 Å². The normalized spacial score (nSPS) is 12.6. The van der Waals surface area contributed by atoms with E-state index in [0.29, 0.717) is 18.5 Å². The Labute approximate surface area is 161 Å². The average Bonchev–Trinajstić information content (AvgIpc) is 2.57. The molecule has 0 aromatic heterocycles. The fraction of sp³-hybridized carbons (Fsp3) is 0.571. The van der Waals surface area contributed by atoms with E-state index in [2.05, 4.69) is 26.1 Å². The molecule has 0 fully saturated rings. The van der Waals surface area contributed by atoms with Gasteiger partial charge < -0.3 is 15.3 Å². The number of benzene rings is 1. The number of aliphatic carboxylic acids is 1. The van der Waals surface area contributed by atoms with Crippen LogP contribution in [0.2, 0.25) is 0 Å². The fourth-order valence-electron chi connectivity index (χ4n) is 2.67. The zero-order valence-corrected chi connectivity index (χ0v) is 17.2. The van der Waals surface area contributed by atoms with Gasteiger partial charge in [-0.1, -0.05) is 46.8 Å². The van der Waals surface area contributed by atoms with Crippen LogP contribution in [0.5, 0.6) is 0 Å². The van der Waals surface area contributed by atoms with Gasteiger partial charge in [-0.15, -0.1) is 0 Å². The number of carboxylic acids is 1. The Morgan fingerprint density at radius 1 is 1.11 bits per heavy atom. The molecule has 2 amide bonds. The molecule has 1 unspecified atom stereocenters. The number of amides is 2.